The zero-order valence-electron chi connectivity index (χ0n) is 32.0. The Balaban J connectivity index is 1.11. The summed E-state index contributed by atoms with van der Waals surface area (Å²) in [7, 11) is 0. The topological polar surface area (TPSA) is 51.8 Å². The van der Waals surface area contributed by atoms with Gasteiger partial charge in [0.25, 0.3) is 0 Å². The summed E-state index contributed by atoms with van der Waals surface area (Å²) in [6.07, 6.45) is 0. The third-order valence-electron chi connectivity index (χ3n) is 11.2. The predicted molar refractivity (Wildman–Crippen MR) is 243 cm³/mol. The number of fused-ring (bicyclic) bond motifs is 4. The SMILES string of the molecule is c1ccc(-c2ccc(-c3cccc4c3oc3cccc(-c5nc(-c6cccc(-c7ccccc7)c6)nc(-c6ccc(-c7ccccc7)c7ccccc67)n5)c34)cc2)cc1. The van der Waals surface area contributed by atoms with Crippen molar-refractivity contribution in [3.63, 3.8) is 0 Å². The van der Waals surface area contributed by atoms with E-state index in [9.17, 15) is 0 Å². The van der Waals surface area contributed by atoms with E-state index in [4.69, 9.17) is 19.4 Å². The van der Waals surface area contributed by atoms with Crippen LogP contribution in [0.4, 0.5) is 0 Å². The van der Waals surface area contributed by atoms with Gasteiger partial charge in [-0.15, -0.1) is 0 Å². The zero-order valence-corrected chi connectivity index (χ0v) is 32.0. The maximum Gasteiger partial charge on any atom is 0.164 e. The Morgan fingerprint density at radius 3 is 1.46 bits per heavy atom. The van der Waals surface area contributed by atoms with Gasteiger partial charge in [-0.1, -0.05) is 194 Å². The molecule has 2 heterocycles. The van der Waals surface area contributed by atoms with E-state index in [1.807, 2.05) is 24.3 Å². The summed E-state index contributed by atoms with van der Waals surface area (Å²) in [5.74, 6) is 1.79. The van der Waals surface area contributed by atoms with E-state index in [-0.39, 0.29) is 0 Å². The van der Waals surface area contributed by atoms with Gasteiger partial charge in [-0.3, -0.25) is 0 Å². The molecule has 2 aromatic heterocycles. The molecule has 4 nitrogen and oxygen atoms in total. The summed E-state index contributed by atoms with van der Waals surface area (Å²) in [5, 5.41) is 4.19. The monoisotopic (exact) mass is 753 g/mol. The Kier molecular flexibility index (Phi) is 8.45. The van der Waals surface area contributed by atoms with E-state index in [0.29, 0.717) is 17.5 Å². The van der Waals surface area contributed by atoms with Gasteiger partial charge in [0.05, 0.1) is 0 Å². The van der Waals surface area contributed by atoms with Crippen LogP contribution in [0.5, 0.6) is 0 Å². The lowest BCUT2D eigenvalue weighted by atomic mass is 9.94. The first-order valence-corrected chi connectivity index (χ1v) is 19.9. The van der Waals surface area contributed by atoms with Crippen LogP contribution in [0.2, 0.25) is 0 Å². The fraction of sp³-hybridized carbons (Fsp3) is 0. The van der Waals surface area contributed by atoms with E-state index >= 15 is 0 Å². The molecule has 0 aliphatic rings. The van der Waals surface area contributed by atoms with Gasteiger partial charge < -0.3 is 4.42 Å². The van der Waals surface area contributed by atoms with Gasteiger partial charge in [0.2, 0.25) is 0 Å². The second-order valence-corrected chi connectivity index (χ2v) is 14.7. The maximum absolute atomic E-state index is 6.75. The Morgan fingerprint density at radius 1 is 0.271 bits per heavy atom. The summed E-state index contributed by atoms with van der Waals surface area (Å²) >= 11 is 0. The Labute approximate surface area is 341 Å². The first-order chi connectivity index (χ1) is 29.2. The molecular formula is C55H35N3O. The van der Waals surface area contributed by atoms with Crippen LogP contribution >= 0.6 is 0 Å². The van der Waals surface area contributed by atoms with Crippen LogP contribution in [0, 0.1) is 0 Å². The average molecular weight is 754 g/mol. The number of furan rings is 1. The van der Waals surface area contributed by atoms with Crippen molar-refractivity contribution in [3.8, 4) is 78.7 Å². The predicted octanol–water partition coefficient (Wildman–Crippen LogP) is 14.6. The van der Waals surface area contributed by atoms with Crippen molar-refractivity contribution in [2.75, 3.05) is 0 Å². The summed E-state index contributed by atoms with van der Waals surface area (Å²) < 4.78 is 6.75. The molecule has 4 heteroatoms. The number of para-hydroxylation sites is 1. The Morgan fingerprint density at radius 2 is 0.729 bits per heavy atom. The molecule has 0 unspecified atom stereocenters. The first kappa shape index (κ1) is 34.3. The lowest BCUT2D eigenvalue weighted by molar-refractivity contribution is 0.670. The fourth-order valence-corrected chi connectivity index (χ4v) is 8.31. The molecule has 0 bridgehead atoms. The molecule has 0 aliphatic heterocycles. The normalized spacial score (nSPS) is 11.4. The van der Waals surface area contributed by atoms with E-state index in [1.165, 1.54) is 11.1 Å². The second kappa shape index (κ2) is 14.5. The summed E-state index contributed by atoms with van der Waals surface area (Å²) in [6, 6.07) is 73.9. The van der Waals surface area contributed by atoms with Crippen molar-refractivity contribution < 1.29 is 4.42 Å². The van der Waals surface area contributed by atoms with E-state index in [1.54, 1.807) is 0 Å². The van der Waals surface area contributed by atoms with Crippen LogP contribution < -0.4 is 0 Å². The quantitative estimate of drug-likeness (QED) is 0.163. The lowest BCUT2D eigenvalue weighted by Crippen LogP contribution is -2.01. The van der Waals surface area contributed by atoms with Crippen LogP contribution in [0.25, 0.3) is 111 Å². The number of rotatable bonds is 7. The minimum Gasteiger partial charge on any atom is -0.455 e. The summed E-state index contributed by atoms with van der Waals surface area (Å²) in [5.41, 5.74) is 13.4. The van der Waals surface area contributed by atoms with Gasteiger partial charge in [-0.25, -0.2) is 15.0 Å². The molecule has 9 aromatic carbocycles. The highest BCUT2D eigenvalue weighted by atomic mass is 16.3. The standard InChI is InChI=1S/C55H35N3O/c1-4-15-36(16-5-1)38-29-31-40(32-30-38)44-25-13-26-48-51-49(27-14-28-50(51)59-52(44)48)55-57-53(42-22-12-21-41(35-42)37-17-6-2-7-18-37)56-54(58-55)47-34-33-43(39-19-8-3-9-20-39)45-23-10-11-24-46(45)47/h1-35H. The van der Waals surface area contributed by atoms with Gasteiger partial charge >= 0.3 is 0 Å². The molecule has 0 aliphatic carbocycles. The highest BCUT2D eigenvalue weighted by Crippen LogP contribution is 2.42. The minimum atomic E-state index is 0.581. The molecule has 0 radical (unpaired) electrons. The van der Waals surface area contributed by atoms with Crippen molar-refractivity contribution in [3.05, 3.63) is 212 Å². The third-order valence-corrected chi connectivity index (χ3v) is 11.2. The number of hydrogen-bond donors (Lipinski definition) is 0. The molecule has 0 atom stereocenters. The molecule has 11 rings (SSSR count). The molecule has 11 aromatic rings. The Bertz CT molecular complexity index is 3300. The van der Waals surface area contributed by atoms with Gasteiger partial charge in [-0.05, 0) is 67.9 Å². The van der Waals surface area contributed by atoms with Crippen molar-refractivity contribution in [1.82, 2.24) is 15.0 Å². The van der Waals surface area contributed by atoms with Crippen LogP contribution in [-0.4, -0.2) is 15.0 Å². The second-order valence-electron chi connectivity index (χ2n) is 14.7. The molecule has 0 saturated carbocycles. The first-order valence-electron chi connectivity index (χ1n) is 19.9. The van der Waals surface area contributed by atoms with E-state index < -0.39 is 0 Å². The zero-order chi connectivity index (χ0) is 39.1. The average Bonchev–Trinajstić information content (AvgIpc) is 3.71. The van der Waals surface area contributed by atoms with Gasteiger partial charge in [-0.2, -0.15) is 0 Å². The number of aromatic nitrogens is 3. The molecule has 276 valence electrons. The van der Waals surface area contributed by atoms with Crippen molar-refractivity contribution in [2.24, 2.45) is 0 Å². The Hall–Kier alpha value is -7.95. The van der Waals surface area contributed by atoms with E-state index in [2.05, 4.69) is 188 Å². The summed E-state index contributed by atoms with van der Waals surface area (Å²) in [4.78, 5) is 15.8. The van der Waals surface area contributed by atoms with Gasteiger partial charge in [0.15, 0.2) is 17.5 Å². The number of hydrogen-bond acceptors (Lipinski definition) is 4. The molecule has 59 heavy (non-hydrogen) atoms. The lowest BCUT2D eigenvalue weighted by Gasteiger charge is -2.13. The van der Waals surface area contributed by atoms with Gasteiger partial charge in [0.1, 0.15) is 11.2 Å². The minimum absolute atomic E-state index is 0.581. The maximum atomic E-state index is 6.75. The summed E-state index contributed by atoms with van der Waals surface area (Å²) in [6.45, 7) is 0. The highest BCUT2D eigenvalue weighted by Gasteiger charge is 2.21. The van der Waals surface area contributed by atoms with Gasteiger partial charge in [0, 0.05) is 33.0 Å². The van der Waals surface area contributed by atoms with Crippen molar-refractivity contribution in [1.29, 1.82) is 0 Å². The smallest absolute Gasteiger partial charge is 0.164 e. The molecule has 0 saturated heterocycles. The molecule has 0 amide bonds. The van der Waals surface area contributed by atoms with Crippen molar-refractivity contribution in [2.45, 2.75) is 0 Å². The highest BCUT2D eigenvalue weighted by molar-refractivity contribution is 6.15. The molecular weight excluding hydrogens is 719 g/mol. The van der Waals surface area contributed by atoms with Crippen LogP contribution in [0.3, 0.4) is 0 Å². The van der Waals surface area contributed by atoms with Crippen LogP contribution in [0.1, 0.15) is 0 Å². The van der Waals surface area contributed by atoms with Crippen molar-refractivity contribution >= 4 is 32.7 Å². The number of benzene rings is 9. The number of nitrogens with zero attached hydrogens (tertiary/aromatic N) is 3. The van der Waals surface area contributed by atoms with Crippen LogP contribution in [0.15, 0.2) is 217 Å². The van der Waals surface area contributed by atoms with Crippen LogP contribution in [-0.2, 0) is 0 Å². The molecule has 0 N–H and O–H groups in total. The third kappa shape index (κ3) is 6.24. The fourth-order valence-electron chi connectivity index (χ4n) is 8.31. The van der Waals surface area contributed by atoms with E-state index in [0.717, 1.165) is 82.8 Å². The molecule has 0 spiro atoms. The largest absolute Gasteiger partial charge is 0.455 e. The molecule has 0 fully saturated rings.